The maximum absolute atomic E-state index is 13.7. The molecule has 0 saturated carbocycles. The van der Waals surface area contributed by atoms with Crippen molar-refractivity contribution in [3.63, 3.8) is 0 Å². The molecule has 3 heterocycles. The molecule has 0 aliphatic carbocycles. The summed E-state index contributed by atoms with van der Waals surface area (Å²) in [4.78, 5) is 18.4. The number of rotatable bonds is 8. The van der Waals surface area contributed by atoms with E-state index >= 15 is 0 Å². The summed E-state index contributed by atoms with van der Waals surface area (Å²) in [5.41, 5.74) is 4.98. The van der Waals surface area contributed by atoms with Crippen LogP contribution in [0.2, 0.25) is 0 Å². The van der Waals surface area contributed by atoms with Gasteiger partial charge in [-0.15, -0.1) is 0 Å². The average Bonchev–Trinajstić information content (AvgIpc) is 3.40. The molecule has 2 fully saturated rings. The summed E-state index contributed by atoms with van der Waals surface area (Å²) in [6.07, 6.45) is 1.78. The maximum atomic E-state index is 13.7. The van der Waals surface area contributed by atoms with Gasteiger partial charge in [-0.05, 0) is 86.5 Å². The maximum Gasteiger partial charge on any atom is 0.258 e. The zero-order valence-corrected chi connectivity index (χ0v) is 24.1. The highest BCUT2D eigenvalue weighted by atomic mass is 19.1. The number of anilines is 3. The van der Waals surface area contributed by atoms with Crippen molar-refractivity contribution in [1.29, 1.82) is 0 Å². The number of H-pyrrole nitrogens is 1. The number of likely N-dealkylation sites (N-methyl/N-ethyl adjacent to an activating group) is 1. The van der Waals surface area contributed by atoms with E-state index in [1.807, 2.05) is 37.3 Å². The highest BCUT2D eigenvalue weighted by Gasteiger charge is 2.22. The van der Waals surface area contributed by atoms with Gasteiger partial charge in [0, 0.05) is 62.2 Å². The van der Waals surface area contributed by atoms with Crippen molar-refractivity contribution < 1.29 is 18.7 Å². The van der Waals surface area contributed by atoms with E-state index in [-0.39, 0.29) is 24.4 Å². The van der Waals surface area contributed by atoms with E-state index in [0.29, 0.717) is 30.3 Å². The van der Waals surface area contributed by atoms with Crippen molar-refractivity contribution in [3.8, 4) is 5.75 Å². The fourth-order valence-electron chi connectivity index (χ4n) is 5.48. The summed E-state index contributed by atoms with van der Waals surface area (Å²) in [6.45, 7) is 7.47. The Morgan fingerprint density at radius 3 is 2.69 bits per heavy atom. The van der Waals surface area contributed by atoms with Gasteiger partial charge in [0.15, 0.2) is 5.82 Å². The van der Waals surface area contributed by atoms with E-state index in [1.165, 1.54) is 12.1 Å². The number of nitrogens with one attached hydrogen (secondary N) is 3. The fourth-order valence-corrected chi connectivity index (χ4v) is 5.48. The summed E-state index contributed by atoms with van der Waals surface area (Å²) < 4.78 is 25.3. The number of aromatic nitrogens is 2. The molecule has 3 aromatic carbocycles. The minimum atomic E-state index is -0.295. The van der Waals surface area contributed by atoms with Gasteiger partial charge in [0.05, 0.1) is 11.1 Å². The predicted molar refractivity (Wildman–Crippen MR) is 163 cm³/mol. The van der Waals surface area contributed by atoms with E-state index < -0.39 is 0 Å². The second kappa shape index (κ2) is 12.4. The van der Waals surface area contributed by atoms with Gasteiger partial charge in [-0.3, -0.25) is 9.89 Å². The Morgan fingerprint density at radius 2 is 1.88 bits per heavy atom. The Balaban J connectivity index is 1.22. The minimum Gasteiger partial charge on any atom is -0.489 e. The van der Waals surface area contributed by atoms with Crippen LogP contribution in [0.4, 0.5) is 21.6 Å². The molecule has 3 N–H and O–H groups in total. The first-order chi connectivity index (χ1) is 20.4. The lowest BCUT2D eigenvalue weighted by Gasteiger charge is -2.34. The third-order valence-electron chi connectivity index (χ3n) is 8.17. The number of halogens is 1. The van der Waals surface area contributed by atoms with Crippen LogP contribution in [0, 0.1) is 12.7 Å². The number of aryl methyl sites for hydroxylation is 1. The Bertz CT molecular complexity index is 1560. The number of hydrogen-bond acceptors (Lipinski definition) is 7. The minimum absolute atomic E-state index is 0.232. The van der Waals surface area contributed by atoms with Crippen LogP contribution in [0.1, 0.15) is 34.3 Å². The molecule has 0 radical (unpaired) electrons. The number of aromatic amines is 1. The van der Waals surface area contributed by atoms with Crippen LogP contribution in [-0.2, 0) is 11.3 Å². The van der Waals surface area contributed by atoms with Gasteiger partial charge >= 0.3 is 0 Å². The third kappa shape index (κ3) is 6.34. The molecule has 0 bridgehead atoms. The molecule has 0 spiro atoms. The van der Waals surface area contributed by atoms with Crippen LogP contribution in [0.25, 0.3) is 10.9 Å². The first kappa shape index (κ1) is 28.0. The largest absolute Gasteiger partial charge is 0.489 e. The molecule has 42 heavy (non-hydrogen) atoms. The molecule has 1 aromatic heterocycles. The van der Waals surface area contributed by atoms with Crippen LogP contribution >= 0.6 is 0 Å². The van der Waals surface area contributed by atoms with Gasteiger partial charge in [0.2, 0.25) is 0 Å². The lowest BCUT2D eigenvalue weighted by Crippen LogP contribution is -2.44. The standard InChI is InChI=1S/C32H37FN6O3/c1-21-3-4-23(33)17-22(21)20-42-26-6-8-29-28(19-26)31(37-36-29)35-32(40)27-7-5-25(39-13-11-38(2)12-14-39)18-30(27)34-24-9-15-41-16-10-24/h3-8,17-19,24,34H,9-16,20H2,1-2H3,(H2,35,36,37,40). The first-order valence-corrected chi connectivity index (χ1v) is 14.5. The fraction of sp³-hybridized carbons (Fsp3) is 0.375. The van der Waals surface area contributed by atoms with Crippen molar-refractivity contribution in [2.45, 2.75) is 32.4 Å². The van der Waals surface area contributed by atoms with Gasteiger partial charge in [0.1, 0.15) is 18.2 Å². The summed E-state index contributed by atoms with van der Waals surface area (Å²) >= 11 is 0. The number of ether oxygens (including phenoxy) is 2. The molecule has 2 aliphatic heterocycles. The second-order valence-corrected chi connectivity index (χ2v) is 11.1. The summed E-state index contributed by atoms with van der Waals surface area (Å²) in [7, 11) is 2.14. The van der Waals surface area contributed by atoms with Gasteiger partial charge in [-0.1, -0.05) is 6.07 Å². The normalized spacial score (nSPS) is 16.5. The van der Waals surface area contributed by atoms with Crippen LogP contribution in [-0.4, -0.2) is 73.5 Å². The Hall–Kier alpha value is -4.15. The topological polar surface area (TPSA) is 94.7 Å². The Labute approximate surface area is 245 Å². The number of nitrogens with zero attached hydrogens (tertiary/aromatic N) is 3. The third-order valence-corrected chi connectivity index (χ3v) is 8.17. The van der Waals surface area contributed by atoms with Crippen LogP contribution in [0.15, 0.2) is 54.6 Å². The van der Waals surface area contributed by atoms with Crippen LogP contribution in [0.3, 0.4) is 0 Å². The zero-order chi connectivity index (χ0) is 29.1. The number of benzene rings is 3. The van der Waals surface area contributed by atoms with Gasteiger partial charge in [-0.25, -0.2) is 4.39 Å². The molecule has 9 nitrogen and oxygen atoms in total. The van der Waals surface area contributed by atoms with Crippen LogP contribution in [0.5, 0.6) is 5.75 Å². The molecule has 4 aromatic rings. The number of fused-ring (bicyclic) bond motifs is 1. The van der Waals surface area contributed by atoms with E-state index in [4.69, 9.17) is 9.47 Å². The average molecular weight is 573 g/mol. The Morgan fingerprint density at radius 1 is 1.07 bits per heavy atom. The van der Waals surface area contributed by atoms with Gasteiger partial charge in [-0.2, -0.15) is 5.10 Å². The molecule has 1 amide bonds. The number of carbonyl (C=O) groups is 1. The number of piperazine rings is 1. The molecule has 2 aliphatic rings. The van der Waals surface area contributed by atoms with Crippen molar-refractivity contribution in [3.05, 3.63) is 77.1 Å². The quantitative estimate of drug-likeness (QED) is 0.268. The first-order valence-electron chi connectivity index (χ1n) is 14.5. The SMILES string of the molecule is Cc1ccc(F)cc1COc1ccc2[nH]nc(NC(=O)c3ccc(N4CCN(C)CC4)cc3NC3CCOCC3)c2c1. The van der Waals surface area contributed by atoms with Crippen LogP contribution < -0.4 is 20.3 Å². The van der Waals surface area contributed by atoms with Crippen molar-refractivity contribution in [1.82, 2.24) is 15.1 Å². The zero-order valence-electron chi connectivity index (χ0n) is 24.1. The smallest absolute Gasteiger partial charge is 0.258 e. The van der Waals surface area contributed by atoms with E-state index in [0.717, 1.165) is 72.4 Å². The lowest BCUT2D eigenvalue weighted by molar-refractivity contribution is 0.0904. The second-order valence-electron chi connectivity index (χ2n) is 11.1. The molecule has 6 rings (SSSR count). The summed E-state index contributed by atoms with van der Waals surface area (Å²) in [5.74, 6) is 0.477. The van der Waals surface area contributed by atoms with Gasteiger partial charge in [0.25, 0.3) is 5.91 Å². The van der Waals surface area contributed by atoms with Crippen molar-refractivity contribution >= 4 is 34.0 Å². The molecule has 2 saturated heterocycles. The molecular weight excluding hydrogens is 535 g/mol. The van der Waals surface area contributed by atoms with E-state index in [9.17, 15) is 9.18 Å². The monoisotopic (exact) mass is 572 g/mol. The number of amides is 1. The highest BCUT2D eigenvalue weighted by Crippen LogP contribution is 2.30. The van der Waals surface area contributed by atoms with E-state index in [1.54, 1.807) is 6.07 Å². The number of hydrogen-bond donors (Lipinski definition) is 3. The molecule has 0 atom stereocenters. The Kier molecular flexibility index (Phi) is 8.25. The van der Waals surface area contributed by atoms with Gasteiger partial charge < -0.3 is 29.9 Å². The predicted octanol–water partition coefficient (Wildman–Crippen LogP) is 5.18. The summed E-state index contributed by atoms with van der Waals surface area (Å²) in [5, 5.41) is 14.7. The molecule has 220 valence electrons. The van der Waals surface area contributed by atoms with Crippen molar-refractivity contribution in [2.24, 2.45) is 0 Å². The molecule has 0 unspecified atom stereocenters. The van der Waals surface area contributed by atoms with Crippen molar-refractivity contribution in [2.75, 3.05) is 62.0 Å². The lowest BCUT2D eigenvalue weighted by atomic mass is 10.1. The highest BCUT2D eigenvalue weighted by molar-refractivity contribution is 6.11. The molecule has 10 heteroatoms. The van der Waals surface area contributed by atoms with E-state index in [2.05, 4.69) is 43.7 Å². The number of carbonyl (C=O) groups excluding carboxylic acids is 1. The summed E-state index contributed by atoms with van der Waals surface area (Å²) in [6, 6.07) is 16.4. The molecular formula is C32H37FN6O3.